The van der Waals surface area contributed by atoms with Crippen molar-refractivity contribution in [2.75, 3.05) is 32.8 Å². The summed E-state index contributed by atoms with van der Waals surface area (Å²) in [6.07, 6.45) is 4.25. The number of fused-ring (bicyclic) bond motifs is 1. The fourth-order valence-electron chi connectivity index (χ4n) is 4.53. The Morgan fingerprint density at radius 2 is 1.92 bits per heavy atom. The van der Waals surface area contributed by atoms with Crippen LogP contribution in [0.1, 0.15) is 22.3 Å². The van der Waals surface area contributed by atoms with Crippen LogP contribution in [-0.2, 0) is 6.54 Å². The Kier molecular flexibility index (Phi) is 4.74. The molecular formula is C21H25N3O2. The molecule has 2 aliphatic heterocycles. The zero-order chi connectivity index (χ0) is 18.0. The smallest absolute Gasteiger partial charge is 0.253 e. The van der Waals surface area contributed by atoms with Crippen LogP contribution in [0.5, 0.6) is 0 Å². The number of aliphatic hydroxyl groups excluding tert-OH is 1. The van der Waals surface area contributed by atoms with Gasteiger partial charge in [-0.1, -0.05) is 30.3 Å². The van der Waals surface area contributed by atoms with E-state index in [1.807, 2.05) is 11.0 Å². The topological polar surface area (TPSA) is 56.7 Å². The molecule has 0 unspecified atom stereocenters. The molecule has 136 valence electrons. The number of piperidine rings is 1. The number of carbonyl (C=O) groups excluding carboxylic acids is 1. The molecule has 5 nitrogen and oxygen atoms in total. The summed E-state index contributed by atoms with van der Waals surface area (Å²) in [6.45, 7) is 4.24. The first-order valence-corrected chi connectivity index (χ1v) is 9.27. The van der Waals surface area contributed by atoms with Gasteiger partial charge < -0.3 is 10.0 Å². The van der Waals surface area contributed by atoms with E-state index in [1.165, 1.54) is 5.56 Å². The van der Waals surface area contributed by atoms with Crippen LogP contribution in [0, 0.1) is 11.3 Å². The Bertz CT molecular complexity index is 752. The van der Waals surface area contributed by atoms with E-state index in [9.17, 15) is 9.90 Å². The number of rotatable bonds is 4. The number of nitrogens with zero attached hydrogens (tertiary/aromatic N) is 3. The lowest BCUT2D eigenvalue weighted by molar-refractivity contribution is 0.0117. The van der Waals surface area contributed by atoms with Crippen LogP contribution in [0.15, 0.2) is 54.9 Å². The summed E-state index contributed by atoms with van der Waals surface area (Å²) in [6, 6.07) is 14.0. The first kappa shape index (κ1) is 17.2. The fourth-order valence-corrected chi connectivity index (χ4v) is 4.53. The van der Waals surface area contributed by atoms with Crippen LogP contribution in [0.25, 0.3) is 0 Å². The SMILES string of the molecule is O=C(c1ccncc1)N1CC[C@H]2CN(Cc3ccccc3)C[C@@]2(CO)C1. The third-order valence-corrected chi connectivity index (χ3v) is 5.91. The highest BCUT2D eigenvalue weighted by atomic mass is 16.3. The quantitative estimate of drug-likeness (QED) is 0.916. The molecule has 2 aliphatic rings. The molecule has 26 heavy (non-hydrogen) atoms. The zero-order valence-electron chi connectivity index (χ0n) is 14.9. The molecule has 1 aromatic carbocycles. The Labute approximate surface area is 154 Å². The van der Waals surface area contributed by atoms with Crippen molar-refractivity contribution in [2.24, 2.45) is 11.3 Å². The number of aromatic nitrogens is 1. The summed E-state index contributed by atoms with van der Waals surface area (Å²) >= 11 is 0. The van der Waals surface area contributed by atoms with Gasteiger partial charge in [0.2, 0.25) is 0 Å². The normalized spacial score (nSPS) is 25.9. The summed E-state index contributed by atoms with van der Waals surface area (Å²) in [5.74, 6) is 0.484. The van der Waals surface area contributed by atoms with Crippen molar-refractivity contribution in [1.29, 1.82) is 0 Å². The van der Waals surface area contributed by atoms with Crippen molar-refractivity contribution in [2.45, 2.75) is 13.0 Å². The van der Waals surface area contributed by atoms with Crippen LogP contribution >= 0.6 is 0 Å². The van der Waals surface area contributed by atoms with Crippen molar-refractivity contribution in [3.63, 3.8) is 0 Å². The van der Waals surface area contributed by atoms with Crippen molar-refractivity contribution < 1.29 is 9.90 Å². The second-order valence-electron chi connectivity index (χ2n) is 7.62. The van der Waals surface area contributed by atoms with Gasteiger partial charge in [0.15, 0.2) is 0 Å². The molecule has 2 fully saturated rings. The number of hydrogen-bond acceptors (Lipinski definition) is 4. The number of pyridine rings is 1. The lowest BCUT2D eigenvalue weighted by Gasteiger charge is -2.43. The molecule has 4 rings (SSSR count). The molecule has 1 aromatic heterocycles. The number of carbonyl (C=O) groups is 1. The summed E-state index contributed by atoms with van der Waals surface area (Å²) < 4.78 is 0. The molecule has 0 radical (unpaired) electrons. The predicted molar refractivity (Wildman–Crippen MR) is 99.5 cm³/mol. The van der Waals surface area contributed by atoms with Gasteiger partial charge in [0.1, 0.15) is 0 Å². The van der Waals surface area contributed by atoms with Crippen LogP contribution in [-0.4, -0.2) is 58.6 Å². The van der Waals surface area contributed by atoms with Gasteiger partial charge in [0.05, 0.1) is 6.61 Å². The number of aliphatic hydroxyl groups is 1. The predicted octanol–water partition coefficient (Wildman–Crippen LogP) is 2.04. The number of amides is 1. The van der Waals surface area contributed by atoms with Gasteiger partial charge in [-0.05, 0) is 30.0 Å². The molecule has 1 amide bonds. The van der Waals surface area contributed by atoms with Gasteiger partial charge in [-0.3, -0.25) is 14.7 Å². The maximum atomic E-state index is 12.8. The lowest BCUT2D eigenvalue weighted by atomic mass is 9.74. The first-order chi connectivity index (χ1) is 12.7. The maximum Gasteiger partial charge on any atom is 0.253 e. The van der Waals surface area contributed by atoms with E-state index in [0.717, 1.165) is 32.6 Å². The van der Waals surface area contributed by atoms with Gasteiger partial charge in [0, 0.05) is 56.1 Å². The standard InChI is InChI=1S/C21H25N3O2/c25-16-21-14-23(12-17-4-2-1-3-5-17)13-19(21)8-11-24(15-21)20(26)18-6-9-22-10-7-18/h1-7,9-10,19,25H,8,11-16H2/t19-,21-/m0/s1. The van der Waals surface area contributed by atoms with Gasteiger partial charge in [-0.2, -0.15) is 0 Å². The minimum Gasteiger partial charge on any atom is -0.396 e. The van der Waals surface area contributed by atoms with Crippen LogP contribution < -0.4 is 0 Å². The Balaban J connectivity index is 1.48. The summed E-state index contributed by atoms with van der Waals surface area (Å²) in [7, 11) is 0. The lowest BCUT2D eigenvalue weighted by Crippen LogP contribution is -2.52. The van der Waals surface area contributed by atoms with Gasteiger partial charge in [-0.25, -0.2) is 0 Å². The van der Waals surface area contributed by atoms with Crippen molar-refractivity contribution in [3.8, 4) is 0 Å². The van der Waals surface area contributed by atoms with Crippen LogP contribution in [0.2, 0.25) is 0 Å². The second kappa shape index (κ2) is 7.17. The van der Waals surface area contributed by atoms with Crippen LogP contribution in [0.4, 0.5) is 0 Å². The van der Waals surface area contributed by atoms with Crippen molar-refractivity contribution in [3.05, 3.63) is 66.0 Å². The van der Waals surface area contributed by atoms with E-state index in [-0.39, 0.29) is 17.9 Å². The summed E-state index contributed by atoms with van der Waals surface area (Å²) in [4.78, 5) is 21.1. The number of likely N-dealkylation sites (tertiary alicyclic amines) is 2. The third-order valence-electron chi connectivity index (χ3n) is 5.91. The molecule has 2 atom stereocenters. The highest BCUT2D eigenvalue weighted by Crippen LogP contribution is 2.42. The molecule has 0 spiro atoms. The molecule has 1 N–H and O–H groups in total. The Morgan fingerprint density at radius 1 is 1.15 bits per heavy atom. The highest BCUT2D eigenvalue weighted by Gasteiger charge is 2.50. The van der Waals surface area contributed by atoms with E-state index in [2.05, 4.69) is 34.1 Å². The first-order valence-electron chi connectivity index (χ1n) is 9.27. The molecule has 2 saturated heterocycles. The van der Waals surface area contributed by atoms with E-state index >= 15 is 0 Å². The van der Waals surface area contributed by atoms with E-state index < -0.39 is 0 Å². The minimum atomic E-state index is -0.213. The monoisotopic (exact) mass is 351 g/mol. The Morgan fingerprint density at radius 3 is 2.65 bits per heavy atom. The van der Waals surface area contributed by atoms with Gasteiger partial charge in [0.25, 0.3) is 5.91 Å². The average molecular weight is 351 g/mol. The minimum absolute atomic E-state index is 0.0418. The number of hydrogen-bond donors (Lipinski definition) is 1. The van der Waals surface area contributed by atoms with E-state index in [1.54, 1.807) is 24.5 Å². The Hall–Kier alpha value is -2.24. The van der Waals surface area contributed by atoms with Crippen molar-refractivity contribution in [1.82, 2.24) is 14.8 Å². The largest absolute Gasteiger partial charge is 0.396 e. The zero-order valence-corrected chi connectivity index (χ0v) is 14.9. The number of benzene rings is 1. The summed E-state index contributed by atoms with van der Waals surface area (Å²) in [5, 5.41) is 10.2. The average Bonchev–Trinajstić information content (AvgIpc) is 3.06. The second-order valence-corrected chi connectivity index (χ2v) is 7.62. The molecule has 0 saturated carbocycles. The molecule has 5 heteroatoms. The fraction of sp³-hybridized carbons (Fsp3) is 0.429. The molecule has 2 aromatic rings. The van der Waals surface area contributed by atoms with E-state index in [0.29, 0.717) is 18.0 Å². The van der Waals surface area contributed by atoms with Crippen molar-refractivity contribution >= 4 is 5.91 Å². The molecule has 0 bridgehead atoms. The van der Waals surface area contributed by atoms with Gasteiger partial charge >= 0.3 is 0 Å². The van der Waals surface area contributed by atoms with E-state index in [4.69, 9.17) is 0 Å². The maximum absolute atomic E-state index is 12.8. The summed E-state index contributed by atoms with van der Waals surface area (Å²) in [5.41, 5.74) is 1.75. The van der Waals surface area contributed by atoms with Crippen LogP contribution in [0.3, 0.4) is 0 Å². The van der Waals surface area contributed by atoms with Gasteiger partial charge in [-0.15, -0.1) is 0 Å². The molecule has 0 aliphatic carbocycles. The highest BCUT2D eigenvalue weighted by molar-refractivity contribution is 5.94. The molecule has 3 heterocycles. The molecular weight excluding hydrogens is 326 g/mol. The third kappa shape index (κ3) is 3.24.